The molecule has 0 atom stereocenters. The van der Waals surface area contributed by atoms with Gasteiger partial charge in [-0.3, -0.25) is 0 Å². The summed E-state index contributed by atoms with van der Waals surface area (Å²) in [5, 5.41) is 4.39. The van der Waals surface area contributed by atoms with E-state index in [9.17, 15) is 0 Å². The molecule has 0 saturated heterocycles. The Morgan fingerprint density at radius 2 is 2.14 bits per heavy atom. The lowest BCUT2D eigenvalue weighted by Gasteiger charge is -2.05. The summed E-state index contributed by atoms with van der Waals surface area (Å²) in [4.78, 5) is 4.90. The number of halogens is 1. The molecule has 0 radical (unpaired) electrons. The highest BCUT2D eigenvalue weighted by Gasteiger charge is 2.07. The standard InChI is InChI=1S/C10H12ClNO2/c1-3-14-12-10(13-2)8-6-4-5-7-9(8)11/h4-7H,3H2,1-2H3. The maximum Gasteiger partial charge on any atom is 0.258 e. The average molecular weight is 214 g/mol. The Balaban J connectivity index is 2.95. The summed E-state index contributed by atoms with van der Waals surface area (Å²) in [5.74, 6) is 0.387. The molecule has 3 nitrogen and oxygen atoms in total. The highest BCUT2D eigenvalue weighted by molar-refractivity contribution is 6.33. The van der Waals surface area contributed by atoms with E-state index in [-0.39, 0.29) is 0 Å². The third-order valence-corrected chi connectivity index (χ3v) is 1.90. The van der Waals surface area contributed by atoms with Gasteiger partial charge in [-0.1, -0.05) is 23.7 Å². The molecule has 0 aliphatic carbocycles. The van der Waals surface area contributed by atoms with Gasteiger partial charge >= 0.3 is 0 Å². The van der Waals surface area contributed by atoms with Gasteiger partial charge in [0.05, 0.1) is 17.7 Å². The van der Waals surface area contributed by atoms with Crippen molar-refractivity contribution in [1.29, 1.82) is 0 Å². The Labute approximate surface area is 88.3 Å². The minimum Gasteiger partial charge on any atom is -0.478 e. The number of methoxy groups -OCH3 is 1. The zero-order valence-corrected chi connectivity index (χ0v) is 8.91. The number of hydrogen-bond acceptors (Lipinski definition) is 3. The van der Waals surface area contributed by atoms with Crippen LogP contribution in [0.5, 0.6) is 0 Å². The first kappa shape index (κ1) is 10.9. The lowest BCUT2D eigenvalue weighted by atomic mass is 10.2. The first-order valence-corrected chi connectivity index (χ1v) is 4.66. The molecule has 1 aromatic rings. The fraction of sp³-hybridized carbons (Fsp3) is 0.300. The molecule has 0 amide bonds. The van der Waals surface area contributed by atoms with E-state index in [4.69, 9.17) is 21.2 Å². The van der Waals surface area contributed by atoms with Crippen LogP contribution in [0.2, 0.25) is 5.02 Å². The SMILES string of the molecule is CCON=C(OC)c1ccccc1Cl. The Morgan fingerprint density at radius 1 is 1.43 bits per heavy atom. The lowest BCUT2D eigenvalue weighted by Crippen LogP contribution is -2.05. The Kier molecular flexibility index (Phi) is 4.26. The summed E-state index contributed by atoms with van der Waals surface area (Å²) in [6, 6.07) is 7.31. The number of nitrogens with zero attached hydrogens (tertiary/aromatic N) is 1. The van der Waals surface area contributed by atoms with E-state index < -0.39 is 0 Å². The van der Waals surface area contributed by atoms with Gasteiger partial charge in [0.1, 0.15) is 6.61 Å². The first-order chi connectivity index (χ1) is 6.79. The van der Waals surface area contributed by atoms with Gasteiger partial charge in [0, 0.05) is 0 Å². The van der Waals surface area contributed by atoms with Crippen molar-refractivity contribution in [1.82, 2.24) is 0 Å². The average Bonchev–Trinajstić information content (AvgIpc) is 2.21. The molecular formula is C10H12ClNO2. The lowest BCUT2D eigenvalue weighted by molar-refractivity contribution is 0.149. The van der Waals surface area contributed by atoms with Crippen LogP contribution in [-0.4, -0.2) is 19.6 Å². The van der Waals surface area contributed by atoms with E-state index >= 15 is 0 Å². The van der Waals surface area contributed by atoms with Gasteiger partial charge < -0.3 is 9.57 Å². The minimum atomic E-state index is 0.387. The van der Waals surface area contributed by atoms with Crippen molar-refractivity contribution >= 4 is 17.5 Å². The van der Waals surface area contributed by atoms with Crippen molar-refractivity contribution in [2.75, 3.05) is 13.7 Å². The number of benzene rings is 1. The van der Waals surface area contributed by atoms with Gasteiger partial charge in [-0.2, -0.15) is 0 Å². The van der Waals surface area contributed by atoms with E-state index in [1.807, 2.05) is 25.1 Å². The predicted molar refractivity (Wildman–Crippen MR) is 56.6 cm³/mol. The summed E-state index contributed by atoms with van der Waals surface area (Å²) in [5.41, 5.74) is 0.727. The number of oxime groups is 1. The quantitative estimate of drug-likeness (QED) is 0.439. The normalized spacial score (nSPS) is 11.2. The van der Waals surface area contributed by atoms with Gasteiger partial charge in [0.15, 0.2) is 0 Å². The van der Waals surface area contributed by atoms with Crippen LogP contribution in [0.3, 0.4) is 0 Å². The Bertz CT molecular complexity index is 326. The fourth-order valence-electron chi connectivity index (χ4n) is 0.954. The zero-order chi connectivity index (χ0) is 10.4. The maximum atomic E-state index is 5.96. The summed E-state index contributed by atoms with van der Waals surface area (Å²) < 4.78 is 5.06. The Hall–Kier alpha value is -1.22. The molecule has 1 aromatic carbocycles. The van der Waals surface area contributed by atoms with E-state index in [1.165, 1.54) is 7.11 Å². The van der Waals surface area contributed by atoms with Crippen LogP contribution in [0.15, 0.2) is 29.4 Å². The van der Waals surface area contributed by atoms with Crippen molar-refractivity contribution in [2.45, 2.75) is 6.92 Å². The molecule has 0 N–H and O–H groups in total. The number of ether oxygens (including phenoxy) is 1. The number of hydrogen-bond donors (Lipinski definition) is 0. The molecule has 0 saturated carbocycles. The van der Waals surface area contributed by atoms with Crippen LogP contribution >= 0.6 is 11.6 Å². The molecule has 0 fully saturated rings. The molecule has 0 unspecified atom stereocenters. The van der Waals surface area contributed by atoms with Crippen LogP contribution in [0, 0.1) is 0 Å². The van der Waals surface area contributed by atoms with E-state index in [2.05, 4.69) is 5.16 Å². The molecule has 0 spiro atoms. The van der Waals surface area contributed by atoms with Gasteiger partial charge in [0.25, 0.3) is 5.90 Å². The van der Waals surface area contributed by atoms with Crippen LogP contribution in [-0.2, 0) is 9.57 Å². The first-order valence-electron chi connectivity index (χ1n) is 4.28. The van der Waals surface area contributed by atoms with Crippen LogP contribution in [0.25, 0.3) is 0 Å². The van der Waals surface area contributed by atoms with E-state index in [0.717, 1.165) is 5.56 Å². The highest BCUT2D eigenvalue weighted by atomic mass is 35.5. The predicted octanol–water partition coefficient (Wildman–Crippen LogP) is 2.68. The molecule has 0 heterocycles. The minimum absolute atomic E-state index is 0.387. The van der Waals surface area contributed by atoms with Crippen molar-refractivity contribution < 1.29 is 9.57 Å². The van der Waals surface area contributed by atoms with Gasteiger partial charge in [0.2, 0.25) is 0 Å². The maximum absolute atomic E-state index is 5.96. The molecule has 14 heavy (non-hydrogen) atoms. The second kappa shape index (κ2) is 5.50. The number of rotatable bonds is 3. The Morgan fingerprint density at radius 3 is 2.71 bits per heavy atom. The van der Waals surface area contributed by atoms with Crippen molar-refractivity contribution in [3.8, 4) is 0 Å². The molecule has 0 aliphatic heterocycles. The summed E-state index contributed by atoms with van der Waals surface area (Å²) in [6.07, 6.45) is 0. The van der Waals surface area contributed by atoms with E-state index in [0.29, 0.717) is 17.5 Å². The zero-order valence-electron chi connectivity index (χ0n) is 8.16. The van der Waals surface area contributed by atoms with Crippen LogP contribution < -0.4 is 0 Å². The fourth-order valence-corrected chi connectivity index (χ4v) is 1.17. The molecule has 1 rings (SSSR count). The summed E-state index contributed by atoms with van der Waals surface area (Å²) in [7, 11) is 1.53. The monoisotopic (exact) mass is 213 g/mol. The molecule has 0 bridgehead atoms. The van der Waals surface area contributed by atoms with Gasteiger partial charge in [-0.15, -0.1) is 0 Å². The van der Waals surface area contributed by atoms with Crippen LogP contribution in [0.4, 0.5) is 0 Å². The van der Waals surface area contributed by atoms with E-state index in [1.54, 1.807) is 6.07 Å². The summed E-state index contributed by atoms with van der Waals surface area (Å²) in [6.45, 7) is 2.35. The largest absolute Gasteiger partial charge is 0.478 e. The van der Waals surface area contributed by atoms with Crippen molar-refractivity contribution in [3.63, 3.8) is 0 Å². The molecule has 76 valence electrons. The van der Waals surface area contributed by atoms with Crippen molar-refractivity contribution in [2.24, 2.45) is 5.16 Å². The van der Waals surface area contributed by atoms with Crippen LogP contribution in [0.1, 0.15) is 12.5 Å². The molecule has 0 aliphatic rings. The second-order valence-electron chi connectivity index (χ2n) is 2.50. The smallest absolute Gasteiger partial charge is 0.258 e. The van der Waals surface area contributed by atoms with Gasteiger partial charge in [-0.05, 0) is 24.2 Å². The molecule has 4 heteroatoms. The molecular weight excluding hydrogens is 202 g/mol. The van der Waals surface area contributed by atoms with Crippen molar-refractivity contribution in [3.05, 3.63) is 34.9 Å². The third-order valence-electron chi connectivity index (χ3n) is 1.57. The topological polar surface area (TPSA) is 30.8 Å². The van der Waals surface area contributed by atoms with Gasteiger partial charge in [-0.25, -0.2) is 0 Å². The third kappa shape index (κ3) is 2.64. The second-order valence-corrected chi connectivity index (χ2v) is 2.91. The molecule has 0 aromatic heterocycles. The summed E-state index contributed by atoms with van der Waals surface area (Å²) >= 11 is 5.96. The highest BCUT2D eigenvalue weighted by Crippen LogP contribution is 2.16.